The van der Waals surface area contributed by atoms with Crippen LogP contribution in [0, 0.1) is 5.41 Å². The lowest BCUT2D eigenvalue weighted by atomic mass is 9.76. The first-order chi connectivity index (χ1) is 37.2. The Labute approximate surface area is 473 Å². The van der Waals surface area contributed by atoms with Crippen molar-refractivity contribution in [2.75, 3.05) is 16.5 Å². The Morgan fingerprint density at radius 1 is 0.468 bits per heavy atom. The lowest BCUT2D eigenvalue weighted by Crippen LogP contribution is -2.31. The summed E-state index contributed by atoms with van der Waals surface area (Å²) in [5.74, 6) is 3.03. The van der Waals surface area contributed by atoms with Crippen LogP contribution in [0.2, 0.25) is 0 Å². The SMILES string of the molecule is CC(C)c1cccc(C(C)C)c1-c1cc(Oc2cc(C(C)(C)c3ccccc3)c3c4ccccc4n(-c4cc(C(C)(C)c5ccccc5)ccn4)c3c2)cc(N2C=C(C(C)(C)C)N(c3cc(C(C)(C)C)cc(C(C)(C)C)c3)C2)c1. The van der Waals surface area contributed by atoms with Gasteiger partial charge in [0.1, 0.15) is 17.3 Å². The van der Waals surface area contributed by atoms with E-state index in [4.69, 9.17) is 9.72 Å². The highest BCUT2D eigenvalue weighted by Crippen LogP contribution is 2.48. The third kappa shape index (κ3) is 10.5. The monoisotopic (exact) mass is 1040 g/mol. The van der Waals surface area contributed by atoms with Gasteiger partial charge in [0, 0.05) is 68.6 Å². The molecular formula is C74H84N4O. The highest BCUT2D eigenvalue weighted by molar-refractivity contribution is 6.12. The fourth-order valence-electron chi connectivity index (χ4n) is 11.9. The maximum atomic E-state index is 7.56. The second kappa shape index (κ2) is 20.4. The fraction of sp³-hybridized carbons (Fsp3) is 0.338. The average Bonchev–Trinajstić information content (AvgIpc) is 4.07. The van der Waals surface area contributed by atoms with Crippen LogP contribution in [0.15, 0.2) is 182 Å². The molecule has 9 aromatic rings. The zero-order chi connectivity index (χ0) is 56.6. The van der Waals surface area contributed by atoms with Crippen LogP contribution < -0.4 is 14.5 Å². The second-order valence-electron chi connectivity index (χ2n) is 27.1. The minimum absolute atomic E-state index is 0.0209. The molecule has 0 aliphatic carbocycles. The third-order valence-corrected chi connectivity index (χ3v) is 16.8. The van der Waals surface area contributed by atoms with Crippen LogP contribution in [-0.4, -0.2) is 16.2 Å². The number of aromatic nitrogens is 2. The van der Waals surface area contributed by atoms with Gasteiger partial charge >= 0.3 is 0 Å². The number of allylic oxidation sites excluding steroid dienone is 1. The first-order valence-corrected chi connectivity index (χ1v) is 28.8. The zero-order valence-electron chi connectivity index (χ0n) is 50.3. The molecule has 7 aromatic carbocycles. The Morgan fingerprint density at radius 3 is 1.62 bits per heavy atom. The van der Waals surface area contributed by atoms with Crippen LogP contribution in [0.4, 0.5) is 11.4 Å². The van der Waals surface area contributed by atoms with Crippen molar-refractivity contribution in [3.05, 3.63) is 226 Å². The Balaban J connectivity index is 1.20. The normalized spacial score (nSPS) is 13.8. The van der Waals surface area contributed by atoms with Crippen LogP contribution in [0.3, 0.4) is 0 Å². The summed E-state index contributed by atoms with van der Waals surface area (Å²) in [5, 5.41) is 2.37. The van der Waals surface area contributed by atoms with Crippen LogP contribution in [0.1, 0.15) is 174 Å². The van der Waals surface area contributed by atoms with Crippen molar-refractivity contribution in [3.8, 4) is 28.4 Å². The molecule has 1 aliphatic rings. The van der Waals surface area contributed by atoms with E-state index in [2.05, 4.69) is 302 Å². The van der Waals surface area contributed by atoms with Gasteiger partial charge in [0.2, 0.25) is 0 Å². The summed E-state index contributed by atoms with van der Waals surface area (Å²) >= 11 is 0. The van der Waals surface area contributed by atoms with Crippen molar-refractivity contribution in [1.29, 1.82) is 0 Å². The molecule has 0 bridgehead atoms. The largest absolute Gasteiger partial charge is 0.457 e. The molecule has 3 heterocycles. The summed E-state index contributed by atoms with van der Waals surface area (Å²) in [4.78, 5) is 10.2. The van der Waals surface area contributed by atoms with E-state index in [0.717, 1.165) is 39.6 Å². The van der Waals surface area contributed by atoms with Gasteiger partial charge in [-0.05, 0) is 127 Å². The molecular weight excluding hydrogens is 961 g/mol. The highest BCUT2D eigenvalue weighted by atomic mass is 16.5. The molecule has 0 spiro atoms. The quantitative estimate of drug-likeness (QED) is 0.122. The molecule has 0 unspecified atom stereocenters. The van der Waals surface area contributed by atoms with Crippen molar-refractivity contribution >= 4 is 33.2 Å². The van der Waals surface area contributed by atoms with Gasteiger partial charge in [-0.3, -0.25) is 4.57 Å². The first kappa shape index (κ1) is 55.0. The van der Waals surface area contributed by atoms with Gasteiger partial charge < -0.3 is 14.5 Å². The van der Waals surface area contributed by atoms with Gasteiger partial charge in [-0.1, -0.05) is 221 Å². The number of nitrogens with zero attached hydrogens (tertiary/aromatic N) is 4. The molecule has 79 heavy (non-hydrogen) atoms. The van der Waals surface area contributed by atoms with Gasteiger partial charge in [0.25, 0.3) is 0 Å². The average molecular weight is 1050 g/mol. The van der Waals surface area contributed by atoms with Crippen LogP contribution in [-0.2, 0) is 21.7 Å². The van der Waals surface area contributed by atoms with Gasteiger partial charge in [0.05, 0.1) is 17.7 Å². The first-order valence-electron chi connectivity index (χ1n) is 28.8. The Kier molecular flexibility index (Phi) is 14.2. The smallest absolute Gasteiger partial charge is 0.137 e. The third-order valence-electron chi connectivity index (χ3n) is 16.8. The second-order valence-corrected chi connectivity index (χ2v) is 27.1. The van der Waals surface area contributed by atoms with E-state index >= 15 is 0 Å². The molecule has 0 saturated heterocycles. The number of para-hydroxylation sites is 1. The highest BCUT2D eigenvalue weighted by Gasteiger charge is 2.35. The number of pyridine rings is 1. The predicted molar refractivity (Wildman–Crippen MR) is 337 cm³/mol. The molecule has 5 heteroatoms. The molecule has 1 aliphatic heterocycles. The minimum Gasteiger partial charge on any atom is -0.457 e. The molecule has 406 valence electrons. The maximum absolute atomic E-state index is 7.56. The zero-order valence-corrected chi connectivity index (χ0v) is 50.3. The molecule has 2 aromatic heterocycles. The number of fused-ring (bicyclic) bond motifs is 3. The lowest BCUT2D eigenvalue weighted by molar-refractivity contribution is 0.481. The van der Waals surface area contributed by atoms with Crippen LogP contribution >= 0.6 is 0 Å². The molecule has 0 N–H and O–H groups in total. The summed E-state index contributed by atoms with van der Waals surface area (Å²) in [6.45, 7) is 40.2. The summed E-state index contributed by atoms with van der Waals surface area (Å²) in [5.41, 5.74) is 17.5. The van der Waals surface area contributed by atoms with Crippen molar-refractivity contribution in [2.24, 2.45) is 5.41 Å². The molecule has 0 fully saturated rings. The number of anilines is 2. The number of rotatable bonds is 12. The fourth-order valence-corrected chi connectivity index (χ4v) is 11.9. The van der Waals surface area contributed by atoms with Crippen molar-refractivity contribution < 1.29 is 4.74 Å². The van der Waals surface area contributed by atoms with E-state index in [1.165, 1.54) is 72.2 Å². The molecule has 0 radical (unpaired) electrons. The Hall–Kier alpha value is -7.37. The topological polar surface area (TPSA) is 33.5 Å². The standard InChI is InChI=1S/C74H84N4O/c1-48(2)60-32-26-33-61(49(3)4)68(60)50-37-56(76-46-66(72(11,12)13)77(47-76)57-40-54(70(5,6)7)39-55(41-57)71(8,9)10)43-58(38-50)79-59-44-63(74(16,17)52-29-22-19-23-30-52)69-62-31-24-25-34-64(62)78(65(69)45-59)67-42-53(35-36-75-67)73(14,15)51-27-20-18-21-28-51/h18-46,48-49H,47H2,1-17H3. The molecule has 10 rings (SSSR count). The number of hydrogen-bond donors (Lipinski definition) is 0. The van der Waals surface area contributed by atoms with Crippen molar-refractivity contribution in [1.82, 2.24) is 9.55 Å². The molecule has 0 atom stereocenters. The molecule has 0 saturated carbocycles. The van der Waals surface area contributed by atoms with Crippen LogP contribution in [0.5, 0.6) is 11.5 Å². The van der Waals surface area contributed by atoms with E-state index in [1.54, 1.807) is 0 Å². The van der Waals surface area contributed by atoms with Gasteiger partial charge in [0.15, 0.2) is 0 Å². The van der Waals surface area contributed by atoms with Gasteiger partial charge in [-0.25, -0.2) is 4.98 Å². The molecule has 0 amide bonds. The van der Waals surface area contributed by atoms with E-state index in [9.17, 15) is 0 Å². The number of benzene rings is 7. The maximum Gasteiger partial charge on any atom is 0.137 e. The predicted octanol–water partition coefficient (Wildman–Crippen LogP) is 20.3. The molecule has 5 nitrogen and oxygen atoms in total. The van der Waals surface area contributed by atoms with E-state index in [-0.39, 0.29) is 21.7 Å². The van der Waals surface area contributed by atoms with Crippen LogP contribution in [0.25, 0.3) is 38.8 Å². The summed E-state index contributed by atoms with van der Waals surface area (Å²) < 4.78 is 9.92. The summed E-state index contributed by atoms with van der Waals surface area (Å²) in [6.07, 6.45) is 4.37. The van der Waals surface area contributed by atoms with Crippen molar-refractivity contribution in [2.45, 2.75) is 151 Å². The summed E-state index contributed by atoms with van der Waals surface area (Å²) in [6, 6.07) is 60.7. The lowest BCUT2D eigenvalue weighted by Gasteiger charge is -2.34. The van der Waals surface area contributed by atoms with E-state index in [1.807, 2.05) is 6.20 Å². The minimum atomic E-state index is -0.419. The van der Waals surface area contributed by atoms with E-state index < -0.39 is 5.41 Å². The number of ether oxygens (including phenoxy) is 1. The summed E-state index contributed by atoms with van der Waals surface area (Å²) in [7, 11) is 0. The van der Waals surface area contributed by atoms with Gasteiger partial charge in [-0.2, -0.15) is 0 Å². The van der Waals surface area contributed by atoms with Crippen molar-refractivity contribution in [3.63, 3.8) is 0 Å². The Morgan fingerprint density at radius 2 is 1.04 bits per heavy atom. The van der Waals surface area contributed by atoms with E-state index in [0.29, 0.717) is 18.5 Å². The Bertz CT molecular complexity index is 3680. The number of hydrogen-bond acceptors (Lipinski definition) is 4. The van der Waals surface area contributed by atoms with Gasteiger partial charge in [-0.15, -0.1) is 0 Å².